The molecule has 0 unspecified atom stereocenters. The second kappa shape index (κ2) is 8.19. The molecule has 0 bridgehead atoms. The molecular weight excluding hydrogens is 370 g/mol. The molecule has 8 nitrogen and oxygen atoms in total. The second-order valence-electron chi connectivity index (χ2n) is 6.61. The number of hydrogen-bond donors (Lipinski definition) is 1. The highest BCUT2D eigenvalue weighted by Crippen LogP contribution is 2.30. The molecule has 2 aromatic heterocycles. The Morgan fingerprint density at radius 1 is 0.893 bits per heavy atom. The topological polar surface area (TPSA) is 89.6 Å². The molecule has 2 N–H and O–H groups in total. The van der Waals surface area contributed by atoms with E-state index in [4.69, 9.17) is 15.2 Å². The molecule has 2 aromatic rings. The van der Waals surface area contributed by atoms with Crippen molar-refractivity contribution >= 4 is 17.5 Å². The third kappa shape index (κ3) is 3.97. The number of anilines is 3. The first kappa shape index (κ1) is 18.8. The van der Waals surface area contributed by atoms with E-state index in [-0.39, 0.29) is 11.4 Å². The molecule has 4 heterocycles. The predicted molar refractivity (Wildman–Crippen MR) is 101 cm³/mol. The van der Waals surface area contributed by atoms with Gasteiger partial charge in [-0.2, -0.15) is 0 Å². The van der Waals surface area contributed by atoms with Crippen LogP contribution in [0.3, 0.4) is 0 Å². The van der Waals surface area contributed by atoms with E-state index in [1.165, 1.54) is 12.3 Å². The number of nitrogens with zero attached hydrogens (tertiary/aromatic N) is 5. The quantitative estimate of drug-likeness (QED) is 0.842. The number of morpholine rings is 2. The molecule has 0 amide bonds. The maximum absolute atomic E-state index is 13.3. The van der Waals surface area contributed by atoms with E-state index in [0.717, 1.165) is 11.6 Å². The van der Waals surface area contributed by atoms with Gasteiger partial charge in [0.2, 0.25) is 0 Å². The first-order valence-electron chi connectivity index (χ1n) is 9.20. The SMILES string of the molecule is Nc1ncc(-c2nc(N3CCOCC3)cc(N3CCOCC3)n2)cc1C(F)F. The normalized spacial score (nSPS) is 18.0. The minimum Gasteiger partial charge on any atom is -0.383 e. The summed E-state index contributed by atoms with van der Waals surface area (Å²) in [7, 11) is 0. The Labute approximate surface area is 161 Å². The minimum atomic E-state index is -2.71. The molecule has 28 heavy (non-hydrogen) atoms. The molecule has 0 atom stereocenters. The van der Waals surface area contributed by atoms with Crippen molar-refractivity contribution in [2.45, 2.75) is 6.43 Å². The fourth-order valence-corrected chi connectivity index (χ4v) is 3.25. The van der Waals surface area contributed by atoms with Gasteiger partial charge in [-0.15, -0.1) is 0 Å². The molecule has 150 valence electrons. The zero-order valence-corrected chi connectivity index (χ0v) is 15.4. The highest BCUT2D eigenvalue weighted by Gasteiger charge is 2.21. The van der Waals surface area contributed by atoms with Gasteiger partial charge in [-0.05, 0) is 6.07 Å². The van der Waals surface area contributed by atoms with Crippen LogP contribution in [-0.2, 0) is 9.47 Å². The summed E-state index contributed by atoms with van der Waals surface area (Å²) in [6.45, 7) is 5.30. The van der Waals surface area contributed by atoms with Crippen LogP contribution in [0.1, 0.15) is 12.0 Å². The number of alkyl halides is 2. The van der Waals surface area contributed by atoms with E-state index < -0.39 is 6.43 Å². The van der Waals surface area contributed by atoms with Crippen LogP contribution >= 0.6 is 0 Å². The summed E-state index contributed by atoms with van der Waals surface area (Å²) < 4.78 is 37.4. The van der Waals surface area contributed by atoms with Gasteiger partial charge in [0, 0.05) is 44.0 Å². The van der Waals surface area contributed by atoms with Crippen LogP contribution in [0.2, 0.25) is 0 Å². The van der Waals surface area contributed by atoms with E-state index in [9.17, 15) is 8.78 Å². The van der Waals surface area contributed by atoms with Crippen molar-refractivity contribution in [3.63, 3.8) is 0 Å². The summed E-state index contributed by atoms with van der Waals surface area (Å²) >= 11 is 0. The van der Waals surface area contributed by atoms with Crippen molar-refractivity contribution in [2.24, 2.45) is 0 Å². The molecule has 0 aromatic carbocycles. The summed E-state index contributed by atoms with van der Waals surface area (Å²) in [6.07, 6.45) is -1.28. The van der Waals surface area contributed by atoms with Crippen LogP contribution in [0.4, 0.5) is 26.2 Å². The third-order valence-corrected chi connectivity index (χ3v) is 4.81. The van der Waals surface area contributed by atoms with Gasteiger partial charge in [0.15, 0.2) is 5.82 Å². The standard InChI is InChI=1S/C18H22F2N6O2/c19-16(20)13-9-12(11-22-17(13)21)18-23-14(25-1-5-27-6-2-25)10-15(24-18)26-3-7-28-8-4-26/h9-11,16H,1-8H2,(H2,21,22). The number of pyridine rings is 1. The van der Waals surface area contributed by atoms with Crippen molar-refractivity contribution in [1.29, 1.82) is 0 Å². The van der Waals surface area contributed by atoms with Gasteiger partial charge < -0.3 is 25.0 Å². The lowest BCUT2D eigenvalue weighted by Gasteiger charge is -2.31. The largest absolute Gasteiger partial charge is 0.383 e. The van der Waals surface area contributed by atoms with Gasteiger partial charge in [-0.3, -0.25) is 0 Å². The molecule has 2 aliphatic heterocycles. The number of rotatable bonds is 4. The van der Waals surface area contributed by atoms with Gasteiger partial charge in [0.05, 0.1) is 32.0 Å². The molecule has 2 saturated heterocycles. The van der Waals surface area contributed by atoms with E-state index >= 15 is 0 Å². The van der Waals surface area contributed by atoms with Gasteiger partial charge in [-0.25, -0.2) is 23.7 Å². The fourth-order valence-electron chi connectivity index (χ4n) is 3.25. The smallest absolute Gasteiger partial charge is 0.267 e. The van der Waals surface area contributed by atoms with Crippen LogP contribution in [0.25, 0.3) is 11.4 Å². The summed E-state index contributed by atoms with van der Waals surface area (Å²) in [5.74, 6) is 1.65. The molecule has 10 heteroatoms. The predicted octanol–water partition coefficient (Wildman–Crippen LogP) is 1.73. The monoisotopic (exact) mass is 392 g/mol. The second-order valence-corrected chi connectivity index (χ2v) is 6.61. The van der Waals surface area contributed by atoms with Gasteiger partial charge in [-0.1, -0.05) is 0 Å². The zero-order chi connectivity index (χ0) is 19.5. The Morgan fingerprint density at radius 3 is 1.93 bits per heavy atom. The Bertz CT molecular complexity index is 789. The summed E-state index contributed by atoms with van der Waals surface area (Å²) in [5, 5.41) is 0. The van der Waals surface area contributed by atoms with Gasteiger partial charge in [0.25, 0.3) is 6.43 Å². The fraction of sp³-hybridized carbons (Fsp3) is 0.500. The molecule has 2 aliphatic rings. The summed E-state index contributed by atoms with van der Waals surface area (Å²) in [6, 6.07) is 3.24. The number of halogens is 2. The maximum atomic E-state index is 13.3. The lowest BCUT2D eigenvalue weighted by molar-refractivity contribution is 0.122. The number of aromatic nitrogens is 3. The number of nitrogen functional groups attached to an aromatic ring is 1. The highest BCUT2D eigenvalue weighted by molar-refractivity contribution is 5.64. The zero-order valence-electron chi connectivity index (χ0n) is 15.4. The van der Waals surface area contributed by atoms with Crippen LogP contribution in [0.5, 0.6) is 0 Å². The first-order valence-corrected chi connectivity index (χ1v) is 9.20. The van der Waals surface area contributed by atoms with Crippen molar-refractivity contribution < 1.29 is 18.3 Å². The average molecular weight is 392 g/mol. The van der Waals surface area contributed by atoms with E-state index in [1.54, 1.807) is 0 Å². The van der Waals surface area contributed by atoms with E-state index in [2.05, 4.69) is 24.8 Å². The van der Waals surface area contributed by atoms with Gasteiger partial charge in [0.1, 0.15) is 17.5 Å². The molecule has 0 spiro atoms. The minimum absolute atomic E-state index is 0.184. The van der Waals surface area contributed by atoms with E-state index in [1.807, 2.05) is 6.07 Å². The van der Waals surface area contributed by atoms with Crippen molar-refractivity contribution in [3.8, 4) is 11.4 Å². The van der Waals surface area contributed by atoms with Crippen molar-refractivity contribution in [1.82, 2.24) is 15.0 Å². The maximum Gasteiger partial charge on any atom is 0.267 e. The Kier molecular flexibility index (Phi) is 5.49. The molecule has 0 aliphatic carbocycles. The van der Waals surface area contributed by atoms with Crippen LogP contribution in [-0.4, -0.2) is 67.6 Å². The van der Waals surface area contributed by atoms with Crippen LogP contribution in [0.15, 0.2) is 18.3 Å². The molecular formula is C18H22F2N6O2. The Morgan fingerprint density at radius 2 is 1.43 bits per heavy atom. The number of ether oxygens (including phenoxy) is 2. The van der Waals surface area contributed by atoms with Gasteiger partial charge >= 0.3 is 0 Å². The highest BCUT2D eigenvalue weighted by atomic mass is 19.3. The van der Waals surface area contributed by atoms with E-state index in [0.29, 0.717) is 64.0 Å². The molecule has 0 radical (unpaired) electrons. The molecule has 2 fully saturated rings. The first-order chi connectivity index (χ1) is 13.6. The van der Waals surface area contributed by atoms with Crippen molar-refractivity contribution in [3.05, 3.63) is 23.9 Å². The summed E-state index contributed by atoms with van der Waals surface area (Å²) in [5.41, 5.74) is 5.68. The lowest BCUT2D eigenvalue weighted by atomic mass is 10.1. The summed E-state index contributed by atoms with van der Waals surface area (Å²) in [4.78, 5) is 17.4. The Balaban J connectivity index is 1.75. The lowest BCUT2D eigenvalue weighted by Crippen LogP contribution is -2.38. The molecule has 0 saturated carbocycles. The molecule has 4 rings (SSSR count). The van der Waals surface area contributed by atoms with Crippen LogP contribution < -0.4 is 15.5 Å². The number of nitrogens with two attached hydrogens (primary N) is 1. The average Bonchev–Trinajstić information content (AvgIpc) is 2.75. The third-order valence-electron chi connectivity index (χ3n) is 4.81. The van der Waals surface area contributed by atoms with Crippen LogP contribution in [0, 0.1) is 0 Å². The van der Waals surface area contributed by atoms with Crippen molar-refractivity contribution in [2.75, 3.05) is 68.1 Å². The number of hydrogen-bond acceptors (Lipinski definition) is 8. The Hall–Kier alpha value is -2.59.